The molecule has 2 aromatic heterocycles. The first-order valence-electron chi connectivity index (χ1n) is 8.10. The molecule has 2 aromatic carbocycles. The van der Waals surface area contributed by atoms with Crippen LogP contribution in [0.3, 0.4) is 0 Å². The Hall–Kier alpha value is -2.41. The predicted molar refractivity (Wildman–Crippen MR) is 110 cm³/mol. The van der Waals surface area contributed by atoms with Gasteiger partial charge in [0.25, 0.3) is 0 Å². The first-order valence-corrected chi connectivity index (χ1v) is 9.18. The van der Waals surface area contributed by atoms with Gasteiger partial charge in [0, 0.05) is 37.7 Å². The Morgan fingerprint density at radius 3 is 2.68 bits per heavy atom. The number of fused-ring (bicyclic) bond motifs is 3. The summed E-state index contributed by atoms with van der Waals surface area (Å²) in [6.07, 6.45) is 2.88. The molecule has 5 heteroatoms. The molecule has 0 saturated heterocycles. The molecule has 0 radical (unpaired) electrons. The van der Waals surface area contributed by atoms with Crippen molar-refractivity contribution in [1.29, 1.82) is 0 Å². The van der Waals surface area contributed by atoms with Gasteiger partial charge in [0.2, 0.25) is 5.91 Å². The highest BCUT2D eigenvalue weighted by atomic mass is 127. The molecule has 0 unspecified atom stereocenters. The predicted octanol–water partition coefficient (Wildman–Crippen LogP) is 4.89. The summed E-state index contributed by atoms with van der Waals surface area (Å²) in [5.41, 5.74) is 3.88. The molecule has 124 valence electrons. The molecule has 0 fully saturated rings. The van der Waals surface area contributed by atoms with E-state index in [0.717, 1.165) is 31.4 Å². The minimum Gasteiger partial charge on any atom is -0.353 e. The molecule has 0 aliphatic carbocycles. The highest BCUT2D eigenvalue weighted by molar-refractivity contribution is 14.1. The van der Waals surface area contributed by atoms with Crippen LogP contribution in [0.15, 0.2) is 60.8 Å². The number of hydrogen-bond donors (Lipinski definition) is 2. The number of H-pyrrole nitrogens is 1. The lowest BCUT2D eigenvalue weighted by atomic mass is 10.1. The number of nitrogens with one attached hydrogen (secondary N) is 2. The van der Waals surface area contributed by atoms with Crippen LogP contribution in [0.5, 0.6) is 0 Å². The van der Waals surface area contributed by atoms with E-state index < -0.39 is 0 Å². The number of aryl methyl sites for hydroxylation is 1. The Morgan fingerprint density at radius 2 is 1.84 bits per heavy atom. The van der Waals surface area contributed by atoms with Crippen LogP contribution in [-0.2, 0) is 11.2 Å². The minimum absolute atomic E-state index is 0.00188. The molecule has 0 aliphatic heterocycles. The number of halogens is 1. The zero-order valence-corrected chi connectivity index (χ0v) is 15.6. The highest BCUT2D eigenvalue weighted by Crippen LogP contribution is 2.25. The molecule has 25 heavy (non-hydrogen) atoms. The first-order chi connectivity index (χ1) is 12.2. The summed E-state index contributed by atoms with van der Waals surface area (Å²) in [5, 5.41) is 5.26. The molecule has 0 bridgehead atoms. The number of aromatic amines is 1. The summed E-state index contributed by atoms with van der Waals surface area (Å²) in [6, 6.07) is 18.1. The molecular formula is C20H16IN3O. The maximum atomic E-state index is 12.1. The number of pyridine rings is 1. The number of anilines is 1. The number of hydrogen-bond acceptors (Lipinski definition) is 2. The van der Waals surface area contributed by atoms with Crippen LogP contribution in [0.4, 0.5) is 5.69 Å². The SMILES string of the molecule is O=C(CCc1cc2c(cn1)[nH]c1ccccc12)Nc1ccc(I)cc1. The molecule has 0 atom stereocenters. The Labute approximate surface area is 158 Å². The van der Waals surface area contributed by atoms with Gasteiger partial charge in [-0.25, -0.2) is 0 Å². The fourth-order valence-electron chi connectivity index (χ4n) is 2.93. The smallest absolute Gasteiger partial charge is 0.224 e. The van der Waals surface area contributed by atoms with Gasteiger partial charge in [0.15, 0.2) is 0 Å². The molecule has 4 nitrogen and oxygen atoms in total. The van der Waals surface area contributed by atoms with Crippen LogP contribution >= 0.6 is 22.6 Å². The molecule has 0 saturated carbocycles. The van der Waals surface area contributed by atoms with Gasteiger partial charge in [-0.1, -0.05) is 18.2 Å². The van der Waals surface area contributed by atoms with Gasteiger partial charge in [-0.2, -0.15) is 0 Å². The summed E-state index contributed by atoms with van der Waals surface area (Å²) in [4.78, 5) is 20.0. The summed E-state index contributed by atoms with van der Waals surface area (Å²) >= 11 is 2.24. The van der Waals surface area contributed by atoms with Gasteiger partial charge in [-0.05, 0) is 65.4 Å². The van der Waals surface area contributed by atoms with Crippen molar-refractivity contribution in [1.82, 2.24) is 9.97 Å². The van der Waals surface area contributed by atoms with E-state index in [1.807, 2.05) is 42.6 Å². The second-order valence-electron chi connectivity index (χ2n) is 5.95. The number of carbonyl (C=O) groups excluding carboxylic acids is 1. The molecule has 4 aromatic rings. The maximum absolute atomic E-state index is 12.1. The second-order valence-corrected chi connectivity index (χ2v) is 7.19. The van der Waals surface area contributed by atoms with E-state index >= 15 is 0 Å². The number of nitrogens with zero attached hydrogens (tertiary/aromatic N) is 1. The Balaban J connectivity index is 1.48. The van der Waals surface area contributed by atoms with Crippen molar-refractivity contribution in [2.24, 2.45) is 0 Å². The summed E-state index contributed by atoms with van der Waals surface area (Å²) < 4.78 is 1.15. The van der Waals surface area contributed by atoms with Gasteiger partial charge in [-0.3, -0.25) is 9.78 Å². The van der Waals surface area contributed by atoms with Crippen molar-refractivity contribution < 1.29 is 4.79 Å². The van der Waals surface area contributed by atoms with Crippen LogP contribution < -0.4 is 5.32 Å². The number of rotatable bonds is 4. The molecule has 2 heterocycles. The molecule has 4 rings (SSSR count). The van der Waals surface area contributed by atoms with E-state index in [-0.39, 0.29) is 5.91 Å². The molecule has 0 aliphatic rings. The monoisotopic (exact) mass is 441 g/mol. The summed E-state index contributed by atoms with van der Waals surface area (Å²) in [5.74, 6) is 0.00188. The number of carbonyl (C=O) groups is 1. The average Bonchev–Trinajstić information content (AvgIpc) is 3.00. The quantitative estimate of drug-likeness (QED) is 0.443. The van der Waals surface area contributed by atoms with E-state index in [1.54, 1.807) is 0 Å². The first kappa shape index (κ1) is 16.1. The minimum atomic E-state index is 0.00188. The van der Waals surface area contributed by atoms with Gasteiger partial charge in [0.1, 0.15) is 0 Å². The number of benzene rings is 2. The average molecular weight is 441 g/mol. The second kappa shape index (κ2) is 6.84. The third-order valence-electron chi connectivity index (χ3n) is 4.18. The maximum Gasteiger partial charge on any atom is 0.224 e. The van der Waals surface area contributed by atoms with E-state index in [9.17, 15) is 4.79 Å². The van der Waals surface area contributed by atoms with Crippen LogP contribution in [0, 0.1) is 3.57 Å². The zero-order valence-electron chi connectivity index (χ0n) is 13.4. The van der Waals surface area contributed by atoms with Gasteiger partial charge < -0.3 is 10.3 Å². The molecule has 1 amide bonds. The van der Waals surface area contributed by atoms with Crippen molar-refractivity contribution in [2.75, 3.05) is 5.32 Å². The third-order valence-corrected chi connectivity index (χ3v) is 4.90. The summed E-state index contributed by atoms with van der Waals surface area (Å²) in [6.45, 7) is 0. The van der Waals surface area contributed by atoms with Gasteiger partial charge in [-0.15, -0.1) is 0 Å². The number of aromatic nitrogens is 2. The molecule has 2 N–H and O–H groups in total. The van der Waals surface area contributed by atoms with Crippen LogP contribution in [0.1, 0.15) is 12.1 Å². The van der Waals surface area contributed by atoms with Gasteiger partial charge in [0.05, 0.1) is 11.7 Å². The lowest BCUT2D eigenvalue weighted by molar-refractivity contribution is -0.116. The topological polar surface area (TPSA) is 57.8 Å². The Bertz CT molecular complexity index is 1050. The standard InChI is InChI=1S/C20H16IN3O/c21-13-5-7-14(8-6-13)23-20(25)10-9-15-11-17-16-3-1-2-4-18(16)24-19(17)12-22-15/h1-8,11-12,24H,9-10H2,(H,23,25). The van der Waals surface area contributed by atoms with Crippen molar-refractivity contribution in [3.63, 3.8) is 0 Å². The van der Waals surface area contributed by atoms with Crippen molar-refractivity contribution in [3.8, 4) is 0 Å². The Kier molecular flexibility index (Phi) is 4.40. The van der Waals surface area contributed by atoms with E-state index in [2.05, 4.69) is 56.1 Å². The lowest BCUT2D eigenvalue weighted by Gasteiger charge is -2.05. The van der Waals surface area contributed by atoms with Gasteiger partial charge >= 0.3 is 0 Å². The summed E-state index contributed by atoms with van der Waals surface area (Å²) in [7, 11) is 0. The number of para-hydroxylation sites is 1. The van der Waals surface area contributed by atoms with Crippen molar-refractivity contribution in [3.05, 3.63) is 70.1 Å². The van der Waals surface area contributed by atoms with Crippen LogP contribution in [0.2, 0.25) is 0 Å². The third kappa shape index (κ3) is 3.51. The van der Waals surface area contributed by atoms with E-state index in [4.69, 9.17) is 0 Å². The molecular weight excluding hydrogens is 425 g/mol. The normalized spacial score (nSPS) is 11.1. The van der Waals surface area contributed by atoms with Crippen LogP contribution in [0.25, 0.3) is 21.8 Å². The number of amides is 1. The lowest BCUT2D eigenvalue weighted by Crippen LogP contribution is -2.12. The fraction of sp³-hybridized carbons (Fsp3) is 0.100. The Morgan fingerprint density at radius 1 is 1.04 bits per heavy atom. The zero-order chi connectivity index (χ0) is 17.2. The van der Waals surface area contributed by atoms with Crippen molar-refractivity contribution >= 4 is 56.0 Å². The fourth-order valence-corrected chi connectivity index (χ4v) is 3.29. The van der Waals surface area contributed by atoms with E-state index in [0.29, 0.717) is 12.8 Å². The highest BCUT2D eigenvalue weighted by Gasteiger charge is 2.08. The van der Waals surface area contributed by atoms with Crippen LogP contribution in [-0.4, -0.2) is 15.9 Å². The van der Waals surface area contributed by atoms with Crippen molar-refractivity contribution in [2.45, 2.75) is 12.8 Å². The largest absolute Gasteiger partial charge is 0.353 e. The molecule has 0 spiro atoms. The van der Waals surface area contributed by atoms with E-state index in [1.165, 1.54) is 5.39 Å².